The molecule has 2 aromatic rings. The third-order valence-corrected chi connectivity index (χ3v) is 4.96. The number of halogens is 1. The van der Waals surface area contributed by atoms with Crippen molar-refractivity contribution in [1.29, 1.82) is 0 Å². The number of amides is 2. The highest BCUT2D eigenvalue weighted by molar-refractivity contribution is 9.10. The van der Waals surface area contributed by atoms with Crippen LogP contribution in [0.25, 0.3) is 0 Å². The average molecular weight is 375 g/mol. The number of anilines is 1. The molecule has 0 bridgehead atoms. The topological polar surface area (TPSA) is 50.4 Å². The van der Waals surface area contributed by atoms with Crippen LogP contribution in [-0.4, -0.2) is 19.7 Å². The Morgan fingerprint density at radius 3 is 2.48 bits per heavy atom. The fraction of sp³-hybridized carbons (Fsp3) is 0.278. The van der Waals surface area contributed by atoms with E-state index in [-0.39, 0.29) is 11.4 Å². The van der Waals surface area contributed by atoms with Gasteiger partial charge in [-0.2, -0.15) is 0 Å². The van der Waals surface area contributed by atoms with Gasteiger partial charge < -0.3 is 15.4 Å². The molecule has 0 radical (unpaired) electrons. The largest absolute Gasteiger partial charge is 0.497 e. The van der Waals surface area contributed by atoms with Crippen LogP contribution in [0.1, 0.15) is 18.4 Å². The summed E-state index contributed by atoms with van der Waals surface area (Å²) in [5.74, 6) is 0.851. The Kier molecular flexibility index (Phi) is 4.57. The zero-order valence-corrected chi connectivity index (χ0v) is 14.5. The molecule has 5 heteroatoms. The Hall–Kier alpha value is -2.01. The van der Waals surface area contributed by atoms with E-state index in [9.17, 15) is 4.79 Å². The fourth-order valence-electron chi connectivity index (χ4n) is 2.64. The number of ether oxygens (including phenoxy) is 1. The van der Waals surface area contributed by atoms with Crippen molar-refractivity contribution in [2.75, 3.05) is 19.0 Å². The second kappa shape index (κ2) is 6.62. The van der Waals surface area contributed by atoms with Crippen LogP contribution in [0.2, 0.25) is 0 Å². The number of hydrogen-bond acceptors (Lipinski definition) is 2. The van der Waals surface area contributed by atoms with Crippen LogP contribution < -0.4 is 15.4 Å². The number of rotatable bonds is 5. The first-order valence-corrected chi connectivity index (χ1v) is 8.36. The van der Waals surface area contributed by atoms with Crippen LogP contribution in [0.5, 0.6) is 5.75 Å². The molecule has 120 valence electrons. The molecule has 0 aromatic heterocycles. The summed E-state index contributed by atoms with van der Waals surface area (Å²) < 4.78 is 6.06. The second-order valence-electron chi connectivity index (χ2n) is 5.80. The summed E-state index contributed by atoms with van der Waals surface area (Å²) in [4.78, 5) is 12.1. The highest BCUT2D eigenvalue weighted by atomic mass is 79.9. The van der Waals surface area contributed by atoms with Crippen molar-refractivity contribution in [3.63, 3.8) is 0 Å². The lowest BCUT2D eigenvalue weighted by molar-refractivity contribution is 0.251. The molecule has 1 saturated carbocycles. The molecule has 2 amide bonds. The van der Waals surface area contributed by atoms with Gasteiger partial charge in [0, 0.05) is 16.4 Å². The Bertz CT molecular complexity index is 696. The SMILES string of the molecule is COc1ccc(C2(CNC(=O)Nc3ccccc3Br)CC2)cc1. The smallest absolute Gasteiger partial charge is 0.319 e. The maximum Gasteiger partial charge on any atom is 0.319 e. The van der Waals surface area contributed by atoms with E-state index in [0.717, 1.165) is 28.8 Å². The average Bonchev–Trinajstić information content (AvgIpc) is 3.36. The fourth-order valence-corrected chi connectivity index (χ4v) is 3.03. The number of benzene rings is 2. The molecule has 2 aromatic carbocycles. The van der Waals surface area contributed by atoms with Crippen LogP contribution in [0.4, 0.5) is 10.5 Å². The molecular formula is C18H19BrN2O2. The zero-order valence-electron chi connectivity index (χ0n) is 12.9. The van der Waals surface area contributed by atoms with E-state index in [1.807, 2.05) is 36.4 Å². The van der Waals surface area contributed by atoms with Gasteiger partial charge in [-0.15, -0.1) is 0 Å². The molecule has 1 aliphatic carbocycles. The molecule has 1 fully saturated rings. The number of urea groups is 1. The summed E-state index contributed by atoms with van der Waals surface area (Å²) in [5, 5.41) is 5.85. The van der Waals surface area contributed by atoms with Crippen LogP contribution in [0.15, 0.2) is 53.0 Å². The van der Waals surface area contributed by atoms with Crippen molar-refractivity contribution in [2.45, 2.75) is 18.3 Å². The Morgan fingerprint density at radius 2 is 1.87 bits per heavy atom. The van der Waals surface area contributed by atoms with Crippen molar-refractivity contribution in [3.8, 4) is 5.75 Å². The van der Waals surface area contributed by atoms with Gasteiger partial charge in [-0.25, -0.2) is 4.79 Å². The zero-order chi connectivity index (χ0) is 16.3. The number of carbonyl (C=O) groups excluding carboxylic acids is 1. The molecule has 23 heavy (non-hydrogen) atoms. The Balaban J connectivity index is 1.59. The number of para-hydroxylation sites is 1. The third-order valence-electron chi connectivity index (χ3n) is 4.27. The predicted molar refractivity (Wildman–Crippen MR) is 95.1 cm³/mol. The molecule has 2 N–H and O–H groups in total. The number of carbonyl (C=O) groups is 1. The second-order valence-corrected chi connectivity index (χ2v) is 6.65. The van der Waals surface area contributed by atoms with Crippen molar-refractivity contribution in [1.82, 2.24) is 5.32 Å². The van der Waals surface area contributed by atoms with Gasteiger partial charge in [-0.3, -0.25) is 0 Å². The van der Waals surface area contributed by atoms with Gasteiger partial charge in [0.05, 0.1) is 12.8 Å². The minimum atomic E-state index is -0.184. The summed E-state index contributed by atoms with van der Waals surface area (Å²) in [5.41, 5.74) is 2.08. The van der Waals surface area contributed by atoms with E-state index in [4.69, 9.17) is 4.74 Å². The highest BCUT2D eigenvalue weighted by Gasteiger charge is 2.44. The van der Waals surface area contributed by atoms with Crippen molar-refractivity contribution in [2.24, 2.45) is 0 Å². The van der Waals surface area contributed by atoms with Gasteiger partial charge in [-0.05, 0) is 58.6 Å². The first kappa shape index (κ1) is 15.9. The van der Waals surface area contributed by atoms with Crippen LogP contribution >= 0.6 is 15.9 Å². The predicted octanol–water partition coefficient (Wildman–Crippen LogP) is 4.31. The summed E-state index contributed by atoms with van der Waals surface area (Å²) in [6.45, 7) is 0.635. The highest BCUT2D eigenvalue weighted by Crippen LogP contribution is 2.47. The van der Waals surface area contributed by atoms with E-state index in [2.05, 4.69) is 38.7 Å². The molecule has 0 unspecified atom stereocenters. The molecule has 4 nitrogen and oxygen atoms in total. The number of methoxy groups -OCH3 is 1. The first-order valence-electron chi connectivity index (χ1n) is 7.57. The number of hydrogen-bond donors (Lipinski definition) is 2. The van der Waals surface area contributed by atoms with Gasteiger partial charge in [0.1, 0.15) is 5.75 Å². The normalized spacial score (nSPS) is 14.9. The van der Waals surface area contributed by atoms with E-state index in [1.54, 1.807) is 7.11 Å². The van der Waals surface area contributed by atoms with E-state index >= 15 is 0 Å². The quantitative estimate of drug-likeness (QED) is 0.818. The lowest BCUT2D eigenvalue weighted by Crippen LogP contribution is -2.35. The van der Waals surface area contributed by atoms with Gasteiger partial charge in [0.2, 0.25) is 0 Å². The monoisotopic (exact) mass is 374 g/mol. The minimum absolute atomic E-state index is 0.0670. The standard InChI is InChI=1S/C18H19BrN2O2/c1-23-14-8-6-13(7-9-14)18(10-11-18)12-20-17(22)21-16-5-3-2-4-15(16)19/h2-9H,10-12H2,1H3,(H2,20,21,22). The maximum absolute atomic E-state index is 12.1. The van der Waals surface area contributed by atoms with Gasteiger partial charge >= 0.3 is 6.03 Å². The summed E-state index contributed by atoms with van der Waals surface area (Å²) in [6, 6.07) is 15.5. The van der Waals surface area contributed by atoms with Gasteiger partial charge in [0.15, 0.2) is 0 Å². The number of nitrogens with one attached hydrogen (secondary N) is 2. The van der Waals surface area contributed by atoms with Crippen LogP contribution in [0, 0.1) is 0 Å². The molecule has 3 rings (SSSR count). The molecular weight excluding hydrogens is 356 g/mol. The lowest BCUT2D eigenvalue weighted by atomic mass is 9.96. The molecule has 0 spiro atoms. The van der Waals surface area contributed by atoms with E-state index in [1.165, 1.54) is 5.56 Å². The molecule has 0 heterocycles. The third kappa shape index (κ3) is 3.67. The Morgan fingerprint density at radius 1 is 1.17 bits per heavy atom. The first-order chi connectivity index (χ1) is 11.1. The lowest BCUT2D eigenvalue weighted by Gasteiger charge is -2.17. The summed E-state index contributed by atoms with van der Waals surface area (Å²) in [7, 11) is 1.66. The molecule has 0 aliphatic heterocycles. The maximum atomic E-state index is 12.1. The Labute approximate surface area is 144 Å². The molecule has 0 atom stereocenters. The van der Waals surface area contributed by atoms with Gasteiger partial charge in [0.25, 0.3) is 0 Å². The minimum Gasteiger partial charge on any atom is -0.497 e. The van der Waals surface area contributed by atoms with E-state index in [0.29, 0.717) is 6.54 Å². The summed E-state index contributed by atoms with van der Waals surface area (Å²) in [6.07, 6.45) is 2.18. The van der Waals surface area contributed by atoms with Crippen molar-refractivity contribution >= 4 is 27.6 Å². The molecule has 0 saturated heterocycles. The summed E-state index contributed by atoms with van der Waals surface area (Å²) >= 11 is 3.42. The van der Waals surface area contributed by atoms with Crippen LogP contribution in [0.3, 0.4) is 0 Å². The van der Waals surface area contributed by atoms with Crippen molar-refractivity contribution in [3.05, 3.63) is 58.6 Å². The van der Waals surface area contributed by atoms with E-state index < -0.39 is 0 Å². The van der Waals surface area contributed by atoms with Crippen LogP contribution in [-0.2, 0) is 5.41 Å². The molecule has 1 aliphatic rings. The van der Waals surface area contributed by atoms with Crippen molar-refractivity contribution < 1.29 is 9.53 Å². The van der Waals surface area contributed by atoms with Gasteiger partial charge in [-0.1, -0.05) is 24.3 Å².